The van der Waals surface area contributed by atoms with Crippen LogP contribution < -0.4 is 4.90 Å². The second-order valence-electron chi connectivity index (χ2n) is 17.4. The number of hydrogen-bond acceptors (Lipinski definition) is 2. The molecule has 0 atom stereocenters. The molecule has 0 saturated carbocycles. The van der Waals surface area contributed by atoms with Crippen LogP contribution in [0.15, 0.2) is 255 Å². The summed E-state index contributed by atoms with van der Waals surface area (Å²) in [6, 6.07) is 92.9. The Labute approximate surface area is 385 Å². The molecule has 2 aliphatic carbocycles. The number of anilines is 3. The Kier molecular flexibility index (Phi) is 8.79. The van der Waals surface area contributed by atoms with Crippen LogP contribution in [0.2, 0.25) is 0 Å². The van der Waals surface area contributed by atoms with E-state index in [4.69, 9.17) is 4.98 Å². The van der Waals surface area contributed by atoms with E-state index in [0.29, 0.717) is 0 Å². The molecule has 0 radical (unpaired) electrons. The van der Waals surface area contributed by atoms with Crippen molar-refractivity contribution in [3.8, 4) is 66.9 Å². The first-order valence-corrected chi connectivity index (χ1v) is 22.8. The van der Waals surface area contributed by atoms with Crippen LogP contribution in [-0.4, -0.2) is 4.98 Å². The summed E-state index contributed by atoms with van der Waals surface area (Å²) in [7, 11) is 0. The van der Waals surface area contributed by atoms with E-state index in [0.717, 1.165) is 50.3 Å². The smallest absolute Gasteiger partial charge is 0.0788 e. The third kappa shape index (κ3) is 5.92. The zero-order valence-electron chi connectivity index (χ0n) is 36.1. The normalized spacial score (nSPS) is 12.7. The van der Waals surface area contributed by atoms with Gasteiger partial charge < -0.3 is 4.90 Å². The summed E-state index contributed by atoms with van der Waals surface area (Å²) < 4.78 is 0. The lowest BCUT2D eigenvalue weighted by molar-refractivity contribution is 0.794. The Balaban J connectivity index is 0.959. The van der Waals surface area contributed by atoms with Crippen molar-refractivity contribution in [2.24, 2.45) is 0 Å². The summed E-state index contributed by atoms with van der Waals surface area (Å²) in [4.78, 5) is 7.87. The molecule has 0 unspecified atom stereocenters. The molecule has 0 aliphatic heterocycles. The molecule has 1 spiro atoms. The summed E-state index contributed by atoms with van der Waals surface area (Å²) in [5, 5.41) is 1.11. The number of nitrogens with zero attached hydrogens (tertiary/aromatic N) is 2. The van der Waals surface area contributed by atoms with Crippen molar-refractivity contribution >= 4 is 28.0 Å². The quantitative estimate of drug-likeness (QED) is 0.159. The lowest BCUT2D eigenvalue weighted by Gasteiger charge is -2.30. The maximum absolute atomic E-state index is 5.51. The van der Waals surface area contributed by atoms with Crippen molar-refractivity contribution in [2.45, 2.75) is 5.41 Å². The fraction of sp³-hybridized carbons (Fsp3) is 0.0156. The van der Waals surface area contributed by atoms with Gasteiger partial charge in [0.1, 0.15) is 0 Å². The van der Waals surface area contributed by atoms with Crippen molar-refractivity contribution in [2.75, 3.05) is 4.90 Å². The molecule has 2 nitrogen and oxygen atoms in total. The van der Waals surface area contributed by atoms with Crippen LogP contribution in [0.1, 0.15) is 22.3 Å². The van der Waals surface area contributed by atoms with Crippen LogP contribution in [0.3, 0.4) is 0 Å². The molecule has 10 aromatic carbocycles. The molecule has 0 fully saturated rings. The maximum Gasteiger partial charge on any atom is 0.0788 e. The second-order valence-corrected chi connectivity index (χ2v) is 17.4. The van der Waals surface area contributed by atoms with Gasteiger partial charge in [-0.2, -0.15) is 0 Å². The zero-order valence-corrected chi connectivity index (χ0v) is 36.1. The highest BCUT2D eigenvalue weighted by Gasteiger charge is 2.51. The molecule has 0 amide bonds. The summed E-state index contributed by atoms with van der Waals surface area (Å²) in [6.45, 7) is 0. The highest BCUT2D eigenvalue weighted by Crippen LogP contribution is 2.63. The molecular formula is C64H42N2. The van der Waals surface area contributed by atoms with E-state index in [1.54, 1.807) is 0 Å². The minimum atomic E-state index is -0.436. The molecular weight excluding hydrogens is 797 g/mol. The lowest BCUT2D eigenvalue weighted by Crippen LogP contribution is -2.25. The van der Waals surface area contributed by atoms with Crippen molar-refractivity contribution in [1.82, 2.24) is 4.98 Å². The number of para-hydroxylation sites is 1. The largest absolute Gasteiger partial charge is 0.310 e. The van der Waals surface area contributed by atoms with Crippen LogP contribution in [0, 0.1) is 0 Å². The molecule has 1 aromatic heterocycles. The van der Waals surface area contributed by atoms with Gasteiger partial charge in [0.15, 0.2) is 0 Å². The molecule has 66 heavy (non-hydrogen) atoms. The van der Waals surface area contributed by atoms with Crippen LogP contribution in [0.25, 0.3) is 77.8 Å². The summed E-state index contributed by atoms with van der Waals surface area (Å²) in [5.74, 6) is 0. The average molecular weight is 839 g/mol. The Morgan fingerprint density at radius 2 is 0.742 bits per heavy atom. The minimum Gasteiger partial charge on any atom is -0.310 e. The Hall–Kier alpha value is -8.59. The van der Waals surface area contributed by atoms with Crippen molar-refractivity contribution in [3.05, 3.63) is 277 Å². The fourth-order valence-corrected chi connectivity index (χ4v) is 10.9. The molecule has 11 aromatic rings. The third-order valence-corrected chi connectivity index (χ3v) is 13.9. The predicted molar refractivity (Wildman–Crippen MR) is 274 cm³/mol. The topological polar surface area (TPSA) is 16.1 Å². The van der Waals surface area contributed by atoms with Gasteiger partial charge in [0, 0.05) is 33.6 Å². The maximum atomic E-state index is 5.51. The molecule has 13 rings (SSSR count). The van der Waals surface area contributed by atoms with Gasteiger partial charge in [0.05, 0.1) is 16.6 Å². The molecule has 308 valence electrons. The number of hydrogen-bond donors (Lipinski definition) is 0. The molecule has 0 saturated heterocycles. The number of benzene rings is 10. The monoisotopic (exact) mass is 838 g/mol. The standard InChI is InChI=1S/C64H42N2/c1-3-16-43(17-4-1)45-30-35-50(36-31-45)66(52-22-15-21-47(40-52)44-18-5-2-6-19-44)51-37-32-46(33-38-51)57-41-48-20-7-14-29-62(48)65-63(57)49-34-39-56-55-25-10-13-28-60(55)64(61(56)42-49)58-26-11-8-23-53(58)54-24-9-12-27-59(54)64/h1-42H. The van der Waals surface area contributed by atoms with Gasteiger partial charge in [-0.15, -0.1) is 0 Å². The lowest BCUT2D eigenvalue weighted by atomic mass is 9.70. The summed E-state index contributed by atoms with van der Waals surface area (Å²) in [5.41, 5.74) is 23.3. The van der Waals surface area contributed by atoms with Crippen LogP contribution >= 0.6 is 0 Å². The van der Waals surface area contributed by atoms with E-state index in [1.165, 1.54) is 66.8 Å². The summed E-state index contributed by atoms with van der Waals surface area (Å²) >= 11 is 0. The van der Waals surface area contributed by atoms with Crippen LogP contribution in [-0.2, 0) is 5.41 Å². The summed E-state index contributed by atoms with van der Waals surface area (Å²) in [6.07, 6.45) is 0. The van der Waals surface area contributed by atoms with E-state index in [-0.39, 0.29) is 0 Å². The highest BCUT2D eigenvalue weighted by molar-refractivity contribution is 5.98. The van der Waals surface area contributed by atoms with Gasteiger partial charge in [0.25, 0.3) is 0 Å². The average Bonchev–Trinajstić information content (AvgIpc) is 3.86. The van der Waals surface area contributed by atoms with E-state index < -0.39 is 5.41 Å². The van der Waals surface area contributed by atoms with E-state index in [9.17, 15) is 0 Å². The number of pyridine rings is 1. The molecule has 2 heteroatoms. The zero-order chi connectivity index (χ0) is 43.6. The van der Waals surface area contributed by atoms with Gasteiger partial charge in [-0.05, 0) is 127 Å². The third-order valence-electron chi connectivity index (χ3n) is 13.9. The van der Waals surface area contributed by atoms with E-state index in [1.807, 2.05) is 0 Å². The first-order chi connectivity index (χ1) is 32.7. The van der Waals surface area contributed by atoms with Crippen molar-refractivity contribution in [1.29, 1.82) is 0 Å². The molecule has 2 aliphatic rings. The van der Waals surface area contributed by atoms with E-state index in [2.05, 4.69) is 260 Å². The SMILES string of the molecule is c1ccc(-c2ccc(N(c3ccc(-c4cc5ccccc5nc4-c4ccc5c(c4)C4(c6ccccc6-c6ccccc64)c4ccccc4-5)cc3)c3cccc(-c4ccccc4)c3)cc2)cc1. The number of rotatable bonds is 7. The second kappa shape index (κ2) is 15.3. The minimum absolute atomic E-state index is 0.436. The highest BCUT2D eigenvalue weighted by atomic mass is 15.1. The Bertz CT molecular complexity index is 3570. The number of aromatic nitrogens is 1. The van der Waals surface area contributed by atoms with Gasteiger partial charge in [-0.25, -0.2) is 4.98 Å². The van der Waals surface area contributed by atoms with Gasteiger partial charge in [-0.3, -0.25) is 0 Å². The number of fused-ring (bicyclic) bond motifs is 11. The Morgan fingerprint density at radius 3 is 1.36 bits per heavy atom. The molecule has 0 N–H and O–H groups in total. The van der Waals surface area contributed by atoms with Crippen LogP contribution in [0.5, 0.6) is 0 Å². The molecule has 1 heterocycles. The molecule has 0 bridgehead atoms. The van der Waals surface area contributed by atoms with Crippen molar-refractivity contribution < 1.29 is 0 Å². The van der Waals surface area contributed by atoms with Crippen molar-refractivity contribution in [3.63, 3.8) is 0 Å². The first kappa shape index (κ1) is 37.9. The fourth-order valence-electron chi connectivity index (χ4n) is 10.9. The van der Waals surface area contributed by atoms with E-state index >= 15 is 0 Å². The van der Waals surface area contributed by atoms with Gasteiger partial charge >= 0.3 is 0 Å². The Morgan fingerprint density at radius 1 is 0.273 bits per heavy atom. The van der Waals surface area contributed by atoms with Gasteiger partial charge in [0.2, 0.25) is 0 Å². The van der Waals surface area contributed by atoms with Gasteiger partial charge in [-0.1, -0.05) is 200 Å². The first-order valence-electron chi connectivity index (χ1n) is 22.8. The van der Waals surface area contributed by atoms with Crippen LogP contribution in [0.4, 0.5) is 17.1 Å². The predicted octanol–water partition coefficient (Wildman–Crippen LogP) is 16.7.